The van der Waals surface area contributed by atoms with Crippen LogP contribution in [0.2, 0.25) is 0 Å². The molecule has 0 spiro atoms. The molecule has 0 atom stereocenters. The van der Waals surface area contributed by atoms with E-state index in [1.807, 2.05) is 0 Å². The third-order valence-electron chi connectivity index (χ3n) is 2.45. The molecule has 0 fully saturated rings. The van der Waals surface area contributed by atoms with Crippen LogP contribution in [0.1, 0.15) is 0 Å². The smallest absolute Gasteiger partial charge is 0.207 e. The Balaban J connectivity index is 2.56. The number of hydrogen-bond donors (Lipinski definition) is 0. The molecular weight excluding hydrogens is 324 g/mol. The van der Waals surface area contributed by atoms with Crippen molar-refractivity contribution in [3.63, 3.8) is 0 Å². The van der Waals surface area contributed by atoms with Gasteiger partial charge in [-0.15, -0.1) is 0 Å². The summed E-state index contributed by atoms with van der Waals surface area (Å²) in [7, 11) is -3.78. The van der Waals surface area contributed by atoms with E-state index in [1.165, 1.54) is 24.3 Å². The molecule has 0 saturated heterocycles. The first-order chi connectivity index (χ1) is 10.1. The van der Waals surface area contributed by atoms with E-state index in [2.05, 4.69) is 56.9 Å². The number of isothiocyanates is 2. The summed E-state index contributed by atoms with van der Waals surface area (Å²) in [4.78, 5) is 7.43. The van der Waals surface area contributed by atoms with Crippen molar-refractivity contribution >= 4 is 56.0 Å². The Bertz CT molecular complexity index is 811. The highest BCUT2D eigenvalue weighted by atomic mass is 32.2. The second-order valence-electron chi connectivity index (χ2n) is 3.73. The highest BCUT2D eigenvalue weighted by Crippen LogP contribution is 2.26. The third kappa shape index (κ3) is 3.55. The van der Waals surface area contributed by atoms with Crippen LogP contribution >= 0.6 is 24.4 Å². The predicted molar refractivity (Wildman–Crippen MR) is 85.4 cm³/mol. The maximum atomic E-state index is 12.5. The summed E-state index contributed by atoms with van der Waals surface area (Å²) >= 11 is 9.00. The van der Waals surface area contributed by atoms with Gasteiger partial charge in [0.2, 0.25) is 9.84 Å². The molecule has 0 heterocycles. The third-order valence-corrected chi connectivity index (χ3v) is 4.26. The number of aliphatic imine (C=N–C) groups is 2. The minimum atomic E-state index is -3.78. The molecule has 0 N–H and O–H groups in total. The van der Waals surface area contributed by atoms with Crippen LogP contribution in [-0.2, 0) is 9.84 Å². The zero-order valence-corrected chi connectivity index (χ0v) is 12.8. The molecule has 0 amide bonds. The van der Waals surface area contributed by atoms with Crippen LogP contribution in [0.25, 0.3) is 0 Å². The topological polar surface area (TPSA) is 58.9 Å². The standard InChI is InChI=1S/C14H6N2O2S3/c17-21(18,13-5-1-3-11(7-13)15-9-19)14-6-2-4-12(8-14)16-10-20/h1-4,7-8H. The summed E-state index contributed by atoms with van der Waals surface area (Å²) in [6.07, 6.45) is 0. The molecule has 0 unspecified atom stereocenters. The largest absolute Gasteiger partial charge is 0.218 e. The number of rotatable bonds is 4. The normalized spacial score (nSPS) is 10.3. The van der Waals surface area contributed by atoms with Crippen molar-refractivity contribution in [2.24, 2.45) is 9.98 Å². The molecule has 0 bridgehead atoms. The molecular formula is C14H6N2O2S3. The Morgan fingerprint density at radius 2 is 1.33 bits per heavy atom. The van der Waals surface area contributed by atoms with Crippen LogP contribution in [0.4, 0.5) is 11.4 Å². The minimum Gasteiger partial charge on any atom is -0.218 e. The van der Waals surface area contributed by atoms with E-state index in [4.69, 9.17) is 0 Å². The molecule has 2 aromatic carbocycles. The van der Waals surface area contributed by atoms with Gasteiger partial charge in [-0.05, 0) is 48.7 Å². The van der Waals surface area contributed by atoms with Gasteiger partial charge in [-0.1, -0.05) is 12.1 Å². The first-order valence-corrected chi connectivity index (χ1v) is 7.82. The van der Waals surface area contributed by atoms with Crippen LogP contribution < -0.4 is 0 Å². The molecule has 2 radical (unpaired) electrons. The van der Waals surface area contributed by atoms with E-state index < -0.39 is 9.84 Å². The van der Waals surface area contributed by atoms with Crippen molar-refractivity contribution in [3.8, 4) is 0 Å². The molecule has 0 aliphatic carbocycles. The monoisotopic (exact) mass is 330 g/mol. The van der Waals surface area contributed by atoms with Gasteiger partial charge in [0.25, 0.3) is 0 Å². The molecule has 0 saturated carbocycles. The van der Waals surface area contributed by atoms with Gasteiger partial charge in [0, 0.05) is 12.1 Å². The molecule has 0 aromatic heterocycles. The summed E-state index contributed by atoms with van der Waals surface area (Å²) in [5, 5.41) is 4.37. The van der Waals surface area contributed by atoms with Gasteiger partial charge < -0.3 is 0 Å². The van der Waals surface area contributed by atoms with Crippen molar-refractivity contribution in [2.45, 2.75) is 9.79 Å². The van der Waals surface area contributed by atoms with Gasteiger partial charge in [0.05, 0.1) is 31.5 Å². The number of nitrogens with zero attached hydrogens (tertiary/aromatic N) is 2. The summed E-state index contributed by atoms with van der Waals surface area (Å²) in [6, 6.07) is 14.1. The average Bonchev–Trinajstić information content (AvgIpc) is 2.48. The lowest BCUT2D eigenvalue weighted by atomic mass is 10.3. The second-order valence-corrected chi connectivity index (χ2v) is 5.98. The SMILES string of the molecule is O=S(=O)(c1[c]ccc(N=C=S)c1)c1[c]ccc(N=C=S)c1. The van der Waals surface area contributed by atoms with Crippen LogP contribution in [-0.4, -0.2) is 18.7 Å². The van der Waals surface area contributed by atoms with Crippen LogP contribution in [0.15, 0.2) is 56.2 Å². The molecule has 0 aliphatic rings. The van der Waals surface area contributed by atoms with Crippen LogP contribution in [0.3, 0.4) is 0 Å². The van der Waals surface area contributed by atoms with Crippen molar-refractivity contribution in [1.29, 1.82) is 0 Å². The fourth-order valence-corrected chi connectivity index (χ4v) is 2.99. The van der Waals surface area contributed by atoms with Gasteiger partial charge >= 0.3 is 0 Å². The fraction of sp³-hybridized carbons (Fsp3) is 0. The van der Waals surface area contributed by atoms with Crippen molar-refractivity contribution in [2.75, 3.05) is 0 Å². The van der Waals surface area contributed by atoms with Gasteiger partial charge in [0.1, 0.15) is 0 Å². The Kier molecular flexibility index (Phi) is 4.85. The number of thiocarbonyl (C=S) groups is 2. The number of benzene rings is 2. The highest BCUT2D eigenvalue weighted by molar-refractivity contribution is 7.91. The lowest BCUT2D eigenvalue weighted by Gasteiger charge is -2.04. The Morgan fingerprint density at radius 1 is 0.905 bits per heavy atom. The van der Waals surface area contributed by atoms with E-state index >= 15 is 0 Å². The van der Waals surface area contributed by atoms with Crippen LogP contribution in [0.5, 0.6) is 0 Å². The van der Waals surface area contributed by atoms with Crippen molar-refractivity contribution < 1.29 is 8.42 Å². The van der Waals surface area contributed by atoms with E-state index in [0.29, 0.717) is 11.4 Å². The molecule has 4 nitrogen and oxygen atoms in total. The van der Waals surface area contributed by atoms with Gasteiger partial charge in [-0.3, -0.25) is 0 Å². The zero-order valence-electron chi connectivity index (χ0n) is 10.4. The van der Waals surface area contributed by atoms with Gasteiger partial charge in [-0.2, -0.15) is 9.98 Å². The van der Waals surface area contributed by atoms with Gasteiger partial charge in [-0.25, -0.2) is 8.42 Å². The number of sulfone groups is 1. The average molecular weight is 330 g/mol. The first-order valence-electron chi connectivity index (χ1n) is 5.52. The molecule has 2 aromatic rings. The lowest BCUT2D eigenvalue weighted by molar-refractivity contribution is 0.596. The fourth-order valence-electron chi connectivity index (χ4n) is 1.54. The van der Waals surface area contributed by atoms with Crippen LogP contribution in [0, 0.1) is 12.1 Å². The molecule has 21 heavy (non-hydrogen) atoms. The summed E-state index contributed by atoms with van der Waals surface area (Å²) in [5.41, 5.74) is 0.769. The predicted octanol–water partition coefficient (Wildman–Crippen LogP) is 3.59. The Labute approximate surface area is 132 Å². The summed E-state index contributed by atoms with van der Waals surface area (Å²) in [6.45, 7) is 0. The van der Waals surface area contributed by atoms with E-state index in [0.717, 1.165) is 0 Å². The Hall–Kier alpha value is -2.01. The molecule has 7 heteroatoms. The summed E-state index contributed by atoms with van der Waals surface area (Å²) < 4.78 is 25.0. The Morgan fingerprint density at radius 3 is 1.71 bits per heavy atom. The number of hydrogen-bond acceptors (Lipinski definition) is 6. The maximum absolute atomic E-state index is 12.5. The molecule has 0 aliphatic heterocycles. The lowest BCUT2D eigenvalue weighted by Crippen LogP contribution is -2.01. The first kappa shape index (κ1) is 15.4. The molecule has 2 rings (SSSR count). The maximum Gasteiger partial charge on any atom is 0.207 e. The van der Waals surface area contributed by atoms with Crippen molar-refractivity contribution in [1.82, 2.24) is 0 Å². The van der Waals surface area contributed by atoms with E-state index in [1.54, 1.807) is 12.1 Å². The quantitative estimate of drug-likeness (QED) is 0.635. The highest BCUT2D eigenvalue weighted by Gasteiger charge is 2.19. The van der Waals surface area contributed by atoms with E-state index in [9.17, 15) is 8.42 Å². The zero-order chi connectivity index (χ0) is 15.3. The van der Waals surface area contributed by atoms with Crippen molar-refractivity contribution in [3.05, 3.63) is 48.5 Å². The second kappa shape index (κ2) is 6.63. The minimum absolute atomic E-state index is 0.0336. The summed E-state index contributed by atoms with van der Waals surface area (Å²) in [5.74, 6) is 0. The molecule has 102 valence electrons. The van der Waals surface area contributed by atoms with Gasteiger partial charge in [0.15, 0.2) is 0 Å². The van der Waals surface area contributed by atoms with E-state index in [-0.39, 0.29) is 9.79 Å².